The number of benzene rings is 2. The lowest BCUT2D eigenvalue weighted by molar-refractivity contribution is -0.115. The molecule has 0 aliphatic carbocycles. The molecule has 8 heteroatoms. The molecular formula is C24H30N4O4. The van der Waals surface area contributed by atoms with E-state index in [2.05, 4.69) is 10.4 Å². The van der Waals surface area contributed by atoms with Gasteiger partial charge in [0, 0.05) is 25.4 Å². The Morgan fingerprint density at radius 1 is 1.03 bits per heavy atom. The van der Waals surface area contributed by atoms with Gasteiger partial charge in [0.25, 0.3) is 0 Å². The van der Waals surface area contributed by atoms with Crippen molar-refractivity contribution in [2.45, 2.75) is 13.8 Å². The molecule has 0 fully saturated rings. The van der Waals surface area contributed by atoms with E-state index in [1.165, 1.54) is 0 Å². The number of hydrogen-bond acceptors (Lipinski definition) is 6. The molecule has 0 spiro atoms. The van der Waals surface area contributed by atoms with Crippen LogP contribution in [0.4, 0.5) is 11.4 Å². The lowest BCUT2D eigenvalue weighted by atomic mass is 10.2. The molecule has 1 aromatic heterocycles. The Bertz CT molecular complexity index is 1050. The highest BCUT2D eigenvalue weighted by atomic mass is 16.5. The third-order valence-corrected chi connectivity index (χ3v) is 5.19. The van der Waals surface area contributed by atoms with Gasteiger partial charge in [0.15, 0.2) is 11.5 Å². The van der Waals surface area contributed by atoms with Crippen LogP contribution in [0.15, 0.2) is 48.5 Å². The predicted molar refractivity (Wildman–Crippen MR) is 125 cm³/mol. The molecule has 0 bridgehead atoms. The van der Waals surface area contributed by atoms with E-state index in [4.69, 9.17) is 14.2 Å². The standard InChI is InChI=1S/C24H30N4O4/c1-17-24(18(2)28(26-17)19-9-7-6-8-10-19)25-23(29)16-27(13-14-30-3)20-11-12-21(31-4)22(15-20)32-5/h6-12,15H,13-14,16H2,1-5H3,(H,25,29). The molecule has 0 radical (unpaired) electrons. The van der Waals surface area contributed by atoms with Crippen LogP contribution in [0, 0.1) is 13.8 Å². The van der Waals surface area contributed by atoms with Crippen molar-refractivity contribution in [1.82, 2.24) is 9.78 Å². The summed E-state index contributed by atoms with van der Waals surface area (Å²) in [6, 6.07) is 15.4. The van der Waals surface area contributed by atoms with Gasteiger partial charge in [-0.05, 0) is 38.1 Å². The van der Waals surface area contributed by atoms with Gasteiger partial charge in [-0.1, -0.05) is 18.2 Å². The average molecular weight is 439 g/mol. The van der Waals surface area contributed by atoms with Crippen LogP contribution in [0.3, 0.4) is 0 Å². The Labute approximate surface area is 188 Å². The first-order valence-corrected chi connectivity index (χ1v) is 10.4. The Kier molecular flexibility index (Phi) is 7.72. The van der Waals surface area contributed by atoms with Crippen LogP contribution in [0.2, 0.25) is 0 Å². The highest BCUT2D eigenvalue weighted by Gasteiger charge is 2.18. The fraction of sp³-hybridized carbons (Fsp3) is 0.333. The highest BCUT2D eigenvalue weighted by molar-refractivity contribution is 5.95. The SMILES string of the molecule is COCCN(CC(=O)Nc1c(C)nn(-c2ccccc2)c1C)c1ccc(OC)c(OC)c1. The van der Waals surface area contributed by atoms with Crippen LogP contribution in [-0.4, -0.2) is 56.7 Å². The molecule has 0 saturated heterocycles. The predicted octanol–water partition coefficient (Wildman–Crippen LogP) is 3.60. The zero-order valence-electron chi connectivity index (χ0n) is 19.2. The summed E-state index contributed by atoms with van der Waals surface area (Å²) in [5.74, 6) is 1.09. The number of nitrogens with zero attached hydrogens (tertiary/aromatic N) is 3. The van der Waals surface area contributed by atoms with Gasteiger partial charge in [-0.2, -0.15) is 5.10 Å². The van der Waals surface area contributed by atoms with Gasteiger partial charge in [0.2, 0.25) is 5.91 Å². The third kappa shape index (κ3) is 5.20. The first-order valence-electron chi connectivity index (χ1n) is 10.4. The molecular weight excluding hydrogens is 408 g/mol. The van der Waals surface area contributed by atoms with E-state index < -0.39 is 0 Å². The second kappa shape index (κ2) is 10.7. The molecule has 0 saturated carbocycles. The number of carbonyl (C=O) groups is 1. The van der Waals surface area contributed by atoms with E-state index in [1.807, 2.05) is 72.0 Å². The normalized spacial score (nSPS) is 10.7. The summed E-state index contributed by atoms with van der Waals surface area (Å²) < 4.78 is 17.8. The number of nitrogens with one attached hydrogen (secondary N) is 1. The number of para-hydroxylation sites is 1. The minimum atomic E-state index is -0.144. The third-order valence-electron chi connectivity index (χ3n) is 5.19. The van der Waals surface area contributed by atoms with Gasteiger partial charge in [-0.15, -0.1) is 0 Å². The number of anilines is 2. The molecule has 8 nitrogen and oxygen atoms in total. The lowest BCUT2D eigenvalue weighted by Gasteiger charge is -2.25. The molecule has 1 heterocycles. The summed E-state index contributed by atoms with van der Waals surface area (Å²) >= 11 is 0. The van der Waals surface area contributed by atoms with Gasteiger partial charge in [0.1, 0.15) is 0 Å². The minimum Gasteiger partial charge on any atom is -0.493 e. The van der Waals surface area contributed by atoms with Crippen molar-refractivity contribution in [3.05, 3.63) is 59.9 Å². The van der Waals surface area contributed by atoms with Crippen LogP contribution in [0.1, 0.15) is 11.4 Å². The van der Waals surface area contributed by atoms with Crippen LogP contribution in [0.5, 0.6) is 11.5 Å². The summed E-state index contributed by atoms with van der Waals surface area (Å²) in [5, 5.41) is 7.64. The first-order chi connectivity index (χ1) is 15.5. The maximum absolute atomic E-state index is 13.0. The number of methoxy groups -OCH3 is 3. The van der Waals surface area contributed by atoms with E-state index in [1.54, 1.807) is 21.3 Å². The average Bonchev–Trinajstić information content (AvgIpc) is 3.10. The van der Waals surface area contributed by atoms with E-state index >= 15 is 0 Å². The smallest absolute Gasteiger partial charge is 0.243 e. The minimum absolute atomic E-state index is 0.144. The molecule has 1 N–H and O–H groups in total. The molecule has 0 aliphatic rings. The summed E-state index contributed by atoms with van der Waals surface area (Å²) in [7, 11) is 4.81. The maximum atomic E-state index is 13.0. The fourth-order valence-electron chi connectivity index (χ4n) is 3.52. The van der Waals surface area contributed by atoms with Gasteiger partial charge in [-0.25, -0.2) is 4.68 Å². The van der Waals surface area contributed by atoms with Crippen LogP contribution >= 0.6 is 0 Å². The lowest BCUT2D eigenvalue weighted by Crippen LogP contribution is -2.35. The van der Waals surface area contributed by atoms with E-state index in [9.17, 15) is 4.79 Å². The van der Waals surface area contributed by atoms with E-state index in [0.29, 0.717) is 24.7 Å². The monoisotopic (exact) mass is 438 g/mol. The summed E-state index contributed by atoms with van der Waals surface area (Å²) in [5.41, 5.74) is 4.13. The molecule has 0 unspecified atom stereocenters. The van der Waals surface area contributed by atoms with Gasteiger partial charge in [0.05, 0.1) is 50.1 Å². The Hall–Kier alpha value is -3.52. The van der Waals surface area contributed by atoms with E-state index in [-0.39, 0.29) is 12.5 Å². The van der Waals surface area contributed by atoms with Gasteiger partial charge in [-0.3, -0.25) is 4.79 Å². The fourth-order valence-corrected chi connectivity index (χ4v) is 3.52. The zero-order valence-corrected chi connectivity index (χ0v) is 19.2. The van der Waals surface area contributed by atoms with Crippen molar-refractivity contribution in [2.75, 3.05) is 51.2 Å². The van der Waals surface area contributed by atoms with Crippen LogP contribution < -0.4 is 19.7 Å². The Balaban J connectivity index is 1.80. The molecule has 1 amide bonds. The highest BCUT2D eigenvalue weighted by Crippen LogP contribution is 2.31. The van der Waals surface area contributed by atoms with Crippen molar-refractivity contribution in [1.29, 1.82) is 0 Å². The van der Waals surface area contributed by atoms with Crippen molar-refractivity contribution in [2.24, 2.45) is 0 Å². The van der Waals surface area contributed by atoms with Crippen molar-refractivity contribution < 1.29 is 19.0 Å². The molecule has 170 valence electrons. The number of carbonyl (C=O) groups excluding carboxylic acids is 1. The Morgan fingerprint density at radius 3 is 2.41 bits per heavy atom. The number of amides is 1. The number of hydrogen-bond donors (Lipinski definition) is 1. The number of aryl methyl sites for hydroxylation is 1. The summed E-state index contributed by atoms with van der Waals surface area (Å²) in [4.78, 5) is 14.9. The number of aromatic nitrogens is 2. The summed E-state index contributed by atoms with van der Waals surface area (Å²) in [6.07, 6.45) is 0. The molecule has 0 aliphatic heterocycles. The largest absolute Gasteiger partial charge is 0.493 e. The molecule has 3 aromatic rings. The molecule has 2 aromatic carbocycles. The van der Waals surface area contributed by atoms with Crippen LogP contribution in [-0.2, 0) is 9.53 Å². The van der Waals surface area contributed by atoms with Crippen molar-refractivity contribution >= 4 is 17.3 Å². The molecule has 0 atom stereocenters. The number of rotatable bonds is 10. The zero-order chi connectivity index (χ0) is 23.1. The first kappa shape index (κ1) is 23.1. The second-order valence-electron chi connectivity index (χ2n) is 7.29. The van der Waals surface area contributed by atoms with Crippen LogP contribution in [0.25, 0.3) is 5.69 Å². The Morgan fingerprint density at radius 2 is 1.75 bits per heavy atom. The van der Waals surface area contributed by atoms with Gasteiger partial charge < -0.3 is 24.4 Å². The van der Waals surface area contributed by atoms with E-state index in [0.717, 1.165) is 28.5 Å². The van der Waals surface area contributed by atoms with Crippen molar-refractivity contribution in [3.63, 3.8) is 0 Å². The number of ether oxygens (including phenoxy) is 3. The topological polar surface area (TPSA) is 77.9 Å². The molecule has 3 rings (SSSR count). The summed E-state index contributed by atoms with van der Waals surface area (Å²) in [6.45, 7) is 5.00. The van der Waals surface area contributed by atoms with Gasteiger partial charge >= 0.3 is 0 Å². The second-order valence-corrected chi connectivity index (χ2v) is 7.29. The van der Waals surface area contributed by atoms with Crippen molar-refractivity contribution in [3.8, 4) is 17.2 Å². The maximum Gasteiger partial charge on any atom is 0.243 e. The molecule has 32 heavy (non-hydrogen) atoms. The quantitative estimate of drug-likeness (QED) is 0.521.